The van der Waals surface area contributed by atoms with Crippen LogP contribution in [0.4, 0.5) is 13.2 Å². The van der Waals surface area contributed by atoms with Gasteiger partial charge in [0.05, 0.1) is 6.61 Å². The van der Waals surface area contributed by atoms with Gasteiger partial charge in [0.1, 0.15) is 11.5 Å². The molecule has 5 heteroatoms. The molecule has 0 aliphatic carbocycles. The monoisotopic (exact) mass is 380 g/mol. The SMILES string of the molecule is CCCCCCCCOc1ccc(-c2ccc(OCC(F)(F)F)cc2)cc1. The third-order valence-electron chi connectivity index (χ3n) is 4.21. The average Bonchev–Trinajstić information content (AvgIpc) is 2.66. The summed E-state index contributed by atoms with van der Waals surface area (Å²) in [7, 11) is 0. The highest BCUT2D eigenvalue weighted by Gasteiger charge is 2.28. The van der Waals surface area contributed by atoms with E-state index in [-0.39, 0.29) is 5.75 Å². The number of benzene rings is 2. The Kier molecular flexibility index (Phi) is 8.49. The first-order valence-corrected chi connectivity index (χ1v) is 9.51. The molecule has 148 valence electrons. The molecule has 2 aromatic rings. The Hall–Kier alpha value is -2.17. The molecule has 0 aromatic heterocycles. The van der Waals surface area contributed by atoms with Gasteiger partial charge in [0.15, 0.2) is 6.61 Å². The molecule has 0 spiro atoms. The molecular weight excluding hydrogens is 353 g/mol. The minimum Gasteiger partial charge on any atom is -0.494 e. The second-order valence-corrected chi connectivity index (χ2v) is 6.57. The Morgan fingerprint density at radius 1 is 0.667 bits per heavy atom. The molecule has 0 heterocycles. The molecule has 0 amide bonds. The van der Waals surface area contributed by atoms with Crippen LogP contribution in [0.25, 0.3) is 11.1 Å². The maximum Gasteiger partial charge on any atom is 0.422 e. The number of halogens is 3. The van der Waals surface area contributed by atoms with Crippen LogP contribution in [0, 0.1) is 0 Å². The number of hydrogen-bond donors (Lipinski definition) is 0. The molecule has 27 heavy (non-hydrogen) atoms. The van der Waals surface area contributed by atoms with Gasteiger partial charge in [-0.1, -0.05) is 63.3 Å². The standard InChI is InChI=1S/C22H27F3O2/c1-2-3-4-5-6-7-16-26-20-12-8-18(9-13-20)19-10-14-21(15-11-19)27-17-22(23,24)25/h8-15H,2-7,16-17H2,1H3. The van der Waals surface area contributed by atoms with Crippen molar-refractivity contribution in [3.63, 3.8) is 0 Å². The maximum atomic E-state index is 12.2. The second-order valence-electron chi connectivity index (χ2n) is 6.57. The van der Waals surface area contributed by atoms with Crippen LogP contribution in [-0.4, -0.2) is 19.4 Å². The van der Waals surface area contributed by atoms with Gasteiger partial charge in [-0.15, -0.1) is 0 Å². The Balaban J connectivity index is 1.77. The van der Waals surface area contributed by atoms with E-state index in [1.807, 2.05) is 24.3 Å². The zero-order valence-corrected chi connectivity index (χ0v) is 15.7. The van der Waals surface area contributed by atoms with Crippen LogP contribution in [0.2, 0.25) is 0 Å². The summed E-state index contributed by atoms with van der Waals surface area (Å²) in [5.74, 6) is 1.03. The summed E-state index contributed by atoms with van der Waals surface area (Å²) in [5, 5.41) is 0. The fourth-order valence-corrected chi connectivity index (χ4v) is 2.72. The first kappa shape index (κ1) is 21.1. The van der Waals surface area contributed by atoms with Gasteiger partial charge in [-0.2, -0.15) is 13.2 Å². The number of alkyl halides is 3. The lowest BCUT2D eigenvalue weighted by Gasteiger charge is -2.10. The lowest BCUT2D eigenvalue weighted by Crippen LogP contribution is -2.19. The fraction of sp³-hybridized carbons (Fsp3) is 0.455. The van der Waals surface area contributed by atoms with E-state index in [0.29, 0.717) is 0 Å². The number of rotatable bonds is 11. The van der Waals surface area contributed by atoms with E-state index < -0.39 is 12.8 Å². The first-order chi connectivity index (χ1) is 13.0. The van der Waals surface area contributed by atoms with E-state index >= 15 is 0 Å². The molecule has 0 aliphatic rings. The predicted octanol–water partition coefficient (Wildman–Crippen LogP) is 7.03. The normalized spacial score (nSPS) is 11.4. The molecule has 0 radical (unpaired) electrons. The van der Waals surface area contributed by atoms with Gasteiger partial charge in [-0.3, -0.25) is 0 Å². The number of hydrogen-bond acceptors (Lipinski definition) is 2. The van der Waals surface area contributed by atoms with Gasteiger partial charge in [0, 0.05) is 0 Å². The van der Waals surface area contributed by atoms with Crippen LogP contribution in [0.15, 0.2) is 48.5 Å². The topological polar surface area (TPSA) is 18.5 Å². The molecule has 0 fully saturated rings. The van der Waals surface area contributed by atoms with Crippen molar-refractivity contribution in [3.05, 3.63) is 48.5 Å². The first-order valence-electron chi connectivity index (χ1n) is 9.51. The van der Waals surface area contributed by atoms with Crippen molar-refractivity contribution in [2.24, 2.45) is 0 Å². The Morgan fingerprint density at radius 3 is 1.67 bits per heavy atom. The minimum atomic E-state index is -4.33. The Bertz CT molecular complexity index is 649. The van der Waals surface area contributed by atoms with E-state index in [9.17, 15) is 13.2 Å². The van der Waals surface area contributed by atoms with Crippen molar-refractivity contribution in [1.29, 1.82) is 0 Å². The molecule has 0 saturated carbocycles. The van der Waals surface area contributed by atoms with Crippen LogP contribution in [0.1, 0.15) is 45.4 Å². The van der Waals surface area contributed by atoms with E-state index in [2.05, 4.69) is 6.92 Å². The quantitative estimate of drug-likeness (QED) is 0.389. The fourth-order valence-electron chi connectivity index (χ4n) is 2.72. The average molecular weight is 380 g/mol. The van der Waals surface area contributed by atoms with Crippen molar-refractivity contribution in [1.82, 2.24) is 0 Å². The van der Waals surface area contributed by atoms with Crippen LogP contribution < -0.4 is 9.47 Å². The summed E-state index contributed by atoms with van der Waals surface area (Å²) in [6.07, 6.45) is 3.05. The molecule has 0 unspecified atom stereocenters. The molecule has 0 atom stereocenters. The van der Waals surface area contributed by atoms with E-state index in [4.69, 9.17) is 9.47 Å². The summed E-state index contributed by atoms with van der Waals surface area (Å²) in [6, 6.07) is 14.3. The zero-order chi connectivity index (χ0) is 19.5. The molecule has 0 aliphatic heterocycles. The number of unbranched alkanes of at least 4 members (excludes halogenated alkanes) is 5. The Morgan fingerprint density at radius 2 is 1.15 bits per heavy atom. The highest BCUT2D eigenvalue weighted by atomic mass is 19.4. The van der Waals surface area contributed by atoms with E-state index in [0.717, 1.165) is 29.9 Å². The molecule has 0 saturated heterocycles. The molecule has 2 aromatic carbocycles. The number of ether oxygens (including phenoxy) is 2. The van der Waals surface area contributed by atoms with Crippen molar-refractivity contribution in [2.45, 2.75) is 51.6 Å². The zero-order valence-electron chi connectivity index (χ0n) is 15.7. The molecule has 0 bridgehead atoms. The predicted molar refractivity (Wildman–Crippen MR) is 102 cm³/mol. The van der Waals surface area contributed by atoms with Crippen molar-refractivity contribution in [3.8, 4) is 22.6 Å². The van der Waals surface area contributed by atoms with Crippen molar-refractivity contribution in [2.75, 3.05) is 13.2 Å². The summed E-state index contributed by atoms with van der Waals surface area (Å²) < 4.78 is 47.0. The van der Waals surface area contributed by atoms with Crippen molar-refractivity contribution < 1.29 is 22.6 Å². The summed E-state index contributed by atoms with van der Waals surface area (Å²) in [5.41, 5.74) is 1.89. The molecule has 2 rings (SSSR count). The van der Waals surface area contributed by atoms with Gasteiger partial charge in [-0.05, 0) is 41.8 Å². The Labute approximate surface area is 159 Å². The van der Waals surface area contributed by atoms with Gasteiger partial charge in [0.2, 0.25) is 0 Å². The smallest absolute Gasteiger partial charge is 0.422 e. The molecule has 0 N–H and O–H groups in total. The summed E-state index contributed by atoms with van der Waals surface area (Å²) >= 11 is 0. The maximum absolute atomic E-state index is 12.2. The summed E-state index contributed by atoms with van der Waals surface area (Å²) in [4.78, 5) is 0. The van der Waals surface area contributed by atoms with Gasteiger partial charge < -0.3 is 9.47 Å². The highest BCUT2D eigenvalue weighted by molar-refractivity contribution is 5.64. The van der Waals surface area contributed by atoms with Gasteiger partial charge >= 0.3 is 6.18 Å². The van der Waals surface area contributed by atoms with Crippen LogP contribution in [0.3, 0.4) is 0 Å². The largest absolute Gasteiger partial charge is 0.494 e. The molecular formula is C22H27F3O2. The lowest BCUT2D eigenvalue weighted by molar-refractivity contribution is -0.153. The van der Waals surface area contributed by atoms with Gasteiger partial charge in [0.25, 0.3) is 0 Å². The third kappa shape index (κ3) is 8.37. The van der Waals surface area contributed by atoms with Crippen LogP contribution in [-0.2, 0) is 0 Å². The summed E-state index contributed by atoms with van der Waals surface area (Å²) in [6.45, 7) is 1.65. The molecule has 2 nitrogen and oxygen atoms in total. The third-order valence-corrected chi connectivity index (χ3v) is 4.21. The van der Waals surface area contributed by atoms with E-state index in [1.54, 1.807) is 24.3 Å². The van der Waals surface area contributed by atoms with Gasteiger partial charge in [-0.25, -0.2) is 0 Å². The van der Waals surface area contributed by atoms with Crippen LogP contribution >= 0.6 is 0 Å². The highest BCUT2D eigenvalue weighted by Crippen LogP contribution is 2.25. The second kappa shape index (κ2) is 10.9. The minimum absolute atomic E-state index is 0.204. The van der Waals surface area contributed by atoms with E-state index in [1.165, 1.54) is 32.1 Å². The lowest BCUT2D eigenvalue weighted by atomic mass is 10.1. The van der Waals surface area contributed by atoms with Crippen molar-refractivity contribution >= 4 is 0 Å². The van der Waals surface area contributed by atoms with Crippen LogP contribution in [0.5, 0.6) is 11.5 Å².